The van der Waals surface area contributed by atoms with E-state index in [0.717, 1.165) is 12.0 Å². The Morgan fingerprint density at radius 3 is 2.25 bits per heavy atom. The number of ketones is 1. The van der Waals surface area contributed by atoms with Gasteiger partial charge in [-0.25, -0.2) is 4.79 Å². The van der Waals surface area contributed by atoms with Crippen molar-refractivity contribution in [2.45, 2.75) is 26.3 Å². The van der Waals surface area contributed by atoms with Gasteiger partial charge in [-0.3, -0.25) is 14.5 Å². The van der Waals surface area contributed by atoms with Crippen LogP contribution in [0.15, 0.2) is 78.4 Å². The zero-order valence-corrected chi connectivity index (χ0v) is 20.4. The lowest BCUT2D eigenvalue weighted by Gasteiger charge is -2.26. The van der Waals surface area contributed by atoms with Crippen LogP contribution < -0.4 is 9.64 Å². The molecule has 1 amide bonds. The summed E-state index contributed by atoms with van der Waals surface area (Å²) in [5.41, 5.74) is 2.68. The third-order valence-corrected chi connectivity index (χ3v) is 6.13. The minimum atomic E-state index is -0.893. The first-order chi connectivity index (χ1) is 17.4. The lowest BCUT2D eigenvalue weighted by Crippen LogP contribution is -2.29. The van der Waals surface area contributed by atoms with Crippen LogP contribution in [0.25, 0.3) is 5.76 Å². The van der Waals surface area contributed by atoms with E-state index in [9.17, 15) is 19.5 Å². The molecule has 0 bridgehead atoms. The summed E-state index contributed by atoms with van der Waals surface area (Å²) in [4.78, 5) is 40.1. The molecule has 3 aromatic carbocycles. The molecule has 0 spiro atoms. The van der Waals surface area contributed by atoms with Gasteiger partial charge in [-0.1, -0.05) is 37.3 Å². The summed E-state index contributed by atoms with van der Waals surface area (Å²) in [6.07, 6.45) is 0.827. The fourth-order valence-electron chi connectivity index (χ4n) is 4.28. The van der Waals surface area contributed by atoms with Gasteiger partial charge in [0.15, 0.2) is 0 Å². The molecule has 7 heteroatoms. The smallest absolute Gasteiger partial charge is 0.337 e. The molecule has 1 aliphatic rings. The number of aliphatic hydroxyl groups is 1. The van der Waals surface area contributed by atoms with Gasteiger partial charge in [-0.15, -0.1) is 0 Å². The van der Waals surface area contributed by atoms with E-state index in [1.165, 1.54) is 18.1 Å². The molecule has 1 atom stereocenters. The molecule has 0 aliphatic carbocycles. The Morgan fingerprint density at radius 1 is 0.944 bits per heavy atom. The number of aliphatic hydroxyl groups excluding tert-OH is 1. The molecule has 7 nitrogen and oxygen atoms in total. The summed E-state index contributed by atoms with van der Waals surface area (Å²) in [7, 11) is 1.27. The first-order valence-electron chi connectivity index (χ1n) is 11.7. The van der Waals surface area contributed by atoms with E-state index in [4.69, 9.17) is 9.47 Å². The Labute approximate surface area is 209 Å². The quantitative estimate of drug-likeness (QED) is 0.218. The lowest BCUT2D eigenvalue weighted by atomic mass is 9.94. The van der Waals surface area contributed by atoms with Crippen molar-refractivity contribution in [3.8, 4) is 5.75 Å². The van der Waals surface area contributed by atoms with Gasteiger partial charge in [0.05, 0.1) is 30.9 Å². The Kier molecular flexibility index (Phi) is 7.20. The van der Waals surface area contributed by atoms with Crippen molar-refractivity contribution in [1.82, 2.24) is 0 Å². The van der Waals surface area contributed by atoms with E-state index in [1.807, 2.05) is 38.1 Å². The van der Waals surface area contributed by atoms with E-state index in [-0.39, 0.29) is 16.9 Å². The van der Waals surface area contributed by atoms with Gasteiger partial charge in [-0.2, -0.15) is 0 Å². The van der Waals surface area contributed by atoms with Crippen molar-refractivity contribution < 1.29 is 29.0 Å². The molecule has 1 N–H and O–H groups in total. The average molecular weight is 486 g/mol. The second kappa shape index (κ2) is 10.5. The van der Waals surface area contributed by atoms with Crippen LogP contribution in [0.1, 0.15) is 46.9 Å². The fourth-order valence-corrected chi connectivity index (χ4v) is 4.28. The van der Waals surface area contributed by atoms with Crippen LogP contribution in [0, 0.1) is 0 Å². The normalized spacial score (nSPS) is 16.8. The van der Waals surface area contributed by atoms with Crippen molar-refractivity contribution in [2.24, 2.45) is 0 Å². The van der Waals surface area contributed by atoms with Gasteiger partial charge >= 0.3 is 5.97 Å². The number of methoxy groups -OCH3 is 1. The van der Waals surface area contributed by atoms with Gasteiger partial charge in [0.1, 0.15) is 11.5 Å². The molecule has 1 unspecified atom stereocenters. The number of carbonyl (C=O) groups excluding carboxylic acids is 3. The highest BCUT2D eigenvalue weighted by Gasteiger charge is 2.47. The molecule has 4 rings (SSSR count). The number of Topliss-reactive ketones (excluding diaryl/α,β-unsaturated/α-hetero) is 1. The minimum Gasteiger partial charge on any atom is -0.507 e. The van der Waals surface area contributed by atoms with Crippen molar-refractivity contribution in [1.29, 1.82) is 0 Å². The number of amides is 1. The maximum atomic E-state index is 13.3. The summed E-state index contributed by atoms with van der Waals surface area (Å²) in [5.74, 6) is -1.83. The standard InChI is InChI=1S/C29H27NO6/c1-4-18-9-11-19(12-10-18)25-24(26(31)20-13-15-23(16-14-20)36-5-2)27(32)28(33)30(25)22-8-6-7-21(17-22)29(34)35-3/h6-17,25,31H,4-5H2,1-3H3/b26-24+. The van der Waals surface area contributed by atoms with E-state index in [2.05, 4.69) is 0 Å². The number of rotatable bonds is 7. The molecule has 1 saturated heterocycles. The predicted octanol–water partition coefficient (Wildman–Crippen LogP) is 5.06. The van der Waals surface area contributed by atoms with Crippen LogP contribution in [0.3, 0.4) is 0 Å². The Hall–Kier alpha value is -4.39. The van der Waals surface area contributed by atoms with Crippen LogP contribution in [-0.2, 0) is 20.7 Å². The molecule has 36 heavy (non-hydrogen) atoms. The number of benzene rings is 3. The molecule has 0 radical (unpaired) electrons. The number of carbonyl (C=O) groups is 3. The molecule has 184 valence electrons. The number of ether oxygens (including phenoxy) is 2. The highest BCUT2D eigenvalue weighted by Crippen LogP contribution is 2.42. The van der Waals surface area contributed by atoms with Crippen LogP contribution in [-0.4, -0.2) is 36.5 Å². The van der Waals surface area contributed by atoms with E-state index in [1.54, 1.807) is 42.5 Å². The summed E-state index contributed by atoms with van der Waals surface area (Å²) in [6, 6.07) is 19.6. The fraction of sp³-hybridized carbons (Fsp3) is 0.207. The lowest BCUT2D eigenvalue weighted by molar-refractivity contribution is -0.132. The maximum absolute atomic E-state index is 13.3. The van der Waals surface area contributed by atoms with Crippen LogP contribution in [0.4, 0.5) is 5.69 Å². The molecular formula is C29H27NO6. The predicted molar refractivity (Wildman–Crippen MR) is 136 cm³/mol. The Morgan fingerprint density at radius 2 is 1.64 bits per heavy atom. The summed E-state index contributed by atoms with van der Waals surface area (Å²) >= 11 is 0. The van der Waals surface area contributed by atoms with Crippen molar-refractivity contribution >= 4 is 29.1 Å². The zero-order chi connectivity index (χ0) is 25.8. The summed E-state index contributed by atoms with van der Waals surface area (Å²) in [6.45, 7) is 4.40. The van der Waals surface area contributed by atoms with Gasteiger partial charge < -0.3 is 14.6 Å². The zero-order valence-electron chi connectivity index (χ0n) is 20.4. The highest BCUT2D eigenvalue weighted by atomic mass is 16.5. The van der Waals surface area contributed by atoms with Crippen molar-refractivity contribution in [3.63, 3.8) is 0 Å². The second-order valence-electron chi connectivity index (χ2n) is 8.26. The first kappa shape index (κ1) is 24.7. The van der Waals surface area contributed by atoms with Crippen LogP contribution >= 0.6 is 0 Å². The summed E-state index contributed by atoms with van der Waals surface area (Å²) in [5, 5.41) is 11.3. The highest BCUT2D eigenvalue weighted by molar-refractivity contribution is 6.51. The topological polar surface area (TPSA) is 93.1 Å². The molecule has 1 aliphatic heterocycles. The van der Waals surface area contributed by atoms with Gasteiger partial charge in [0, 0.05) is 11.3 Å². The molecule has 0 saturated carbocycles. The average Bonchev–Trinajstić information content (AvgIpc) is 3.18. The Bertz CT molecular complexity index is 1320. The van der Waals surface area contributed by atoms with Crippen LogP contribution in [0.5, 0.6) is 5.75 Å². The molecule has 0 aromatic heterocycles. The van der Waals surface area contributed by atoms with E-state index >= 15 is 0 Å². The van der Waals surface area contributed by atoms with E-state index in [0.29, 0.717) is 29.2 Å². The monoisotopic (exact) mass is 485 g/mol. The summed E-state index contributed by atoms with van der Waals surface area (Å²) < 4.78 is 10.3. The third kappa shape index (κ3) is 4.60. The SMILES string of the molecule is CCOc1ccc(/C(O)=C2\C(=O)C(=O)N(c3cccc(C(=O)OC)c3)C2c2ccc(CC)cc2)cc1. The number of hydrogen-bond donors (Lipinski definition) is 1. The molecular weight excluding hydrogens is 458 g/mol. The van der Waals surface area contributed by atoms with Gasteiger partial charge in [0.25, 0.3) is 11.7 Å². The maximum Gasteiger partial charge on any atom is 0.337 e. The third-order valence-electron chi connectivity index (χ3n) is 6.13. The van der Waals surface area contributed by atoms with Crippen LogP contribution in [0.2, 0.25) is 0 Å². The number of hydrogen-bond acceptors (Lipinski definition) is 6. The molecule has 1 heterocycles. The van der Waals surface area contributed by atoms with Gasteiger partial charge in [-0.05, 0) is 66.9 Å². The number of anilines is 1. The first-order valence-corrected chi connectivity index (χ1v) is 11.7. The van der Waals surface area contributed by atoms with Crippen molar-refractivity contribution in [2.75, 3.05) is 18.6 Å². The minimum absolute atomic E-state index is 0.0307. The van der Waals surface area contributed by atoms with Crippen molar-refractivity contribution in [3.05, 3.63) is 101 Å². The molecule has 3 aromatic rings. The largest absolute Gasteiger partial charge is 0.507 e. The number of esters is 1. The number of nitrogens with zero attached hydrogens (tertiary/aromatic N) is 1. The van der Waals surface area contributed by atoms with Gasteiger partial charge in [0.2, 0.25) is 0 Å². The number of aryl methyl sites for hydroxylation is 1. The Balaban J connectivity index is 1.89. The molecule has 1 fully saturated rings. The van der Waals surface area contributed by atoms with E-state index < -0.39 is 23.7 Å². The second-order valence-corrected chi connectivity index (χ2v) is 8.26.